The predicted molar refractivity (Wildman–Crippen MR) is 352 cm³/mol. The molecule has 0 spiro atoms. The van der Waals surface area contributed by atoms with Crippen LogP contribution in [0.15, 0.2) is 109 Å². The Bertz CT molecular complexity index is 3230. The molecule has 1 aliphatic carbocycles. The minimum atomic E-state index is -2.35. The second kappa shape index (κ2) is 36.3. The summed E-state index contributed by atoms with van der Waals surface area (Å²) >= 11 is 0. The van der Waals surface area contributed by atoms with E-state index in [0.717, 1.165) is 27.8 Å². The van der Waals surface area contributed by atoms with Gasteiger partial charge in [0.15, 0.2) is 11.6 Å². The van der Waals surface area contributed by atoms with E-state index < -0.39 is 124 Å². The first kappa shape index (κ1) is 72.4. The molecular formula is C63H77B7N6O12S. The van der Waals surface area contributed by atoms with Crippen molar-refractivity contribution >= 4 is 122 Å². The van der Waals surface area contributed by atoms with Crippen LogP contribution in [0.2, 0.25) is 0 Å². The fourth-order valence-electron chi connectivity index (χ4n) is 10.6. The molecule has 4 aromatic carbocycles. The zero-order valence-corrected chi connectivity index (χ0v) is 52.3. The van der Waals surface area contributed by atoms with Gasteiger partial charge < -0.3 is 30.8 Å². The maximum atomic E-state index is 14.3. The second-order valence-electron chi connectivity index (χ2n) is 23.4. The number of ether oxygens (including phenoxy) is 1. The molecule has 5 atom stereocenters. The minimum absolute atomic E-state index is 0.0106. The van der Waals surface area contributed by atoms with Crippen LogP contribution in [-0.4, -0.2) is 163 Å². The van der Waals surface area contributed by atoms with Crippen LogP contribution >= 0.6 is 8.73 Å². The van der Waals surface area contributed by atoms with Crippen LogP contribution in [-0.2, 0) is 65.5 Å². The van der Waals surface area contributed by atoms with Gasteiger partial charge in [-0.15, -0.1) is 0 Å². The number of nitrogens with one attached hydrogen (secondary N) is 6. The topological polar surface area (TPSA) is 269 Å². The third-order valence-corrected chi connectivity index (χ3v) is 18.1. The van der Waals surface area contributed by atoms with E-state index in [9.17, 15) is 52.7 Å². The molecule has 89 heavy (non-hydrogen) atoms. The fraction of sp³-hybridized carbons (Fsp3) is 0.444. The van der Waals surface area contributed by atoms with Gasteiger partial charge in [0.1, 0.15) is 18.4 Å². The summed E-state index contributed by atoms with van der Waals surface area (Å²) in [7, 11) is 21.0. The number of Topliss-reactive ketones (excluding diaryl/α,β-unsaturated/α-hetero) is 5. The number of hydrogen-bond acceptors (Lipinski definition) is 12. The number of rotatable bonds is 37. The number of ketones is 5. The van der Waals surface area contributed by atoms with Crippen molar-refractivity contribution in [3.8, 4) is 11.1 Å². The van der Waals surface area contributed by atoms with Gasteiger partial charge in [-0.1, -0.05) is 123 Å². The first-order chi connectivity index (χ1) is 42.4. The van der Waals surface area contributed by atoms with Crippen LogP contribution in [0.3, 0.4) is 0 Å². The third kappa shape index (κ3) is 23.5. The molecule has 0 aromatic heterocycles. The van der Waals surface area contributed by atoms with E-state index in [0.29, 0.717) is 12.0 Å². The molecule has 5 unspecified atom stereocenters. The van der Waals surface area contributed by atoms with Gasteiger partial charge in [-0.05, 0) is 59.9 Å². The molecule has 6 N–H and O–H groups in total. The monoisotopic (exact) mass is 1220 g/mol. The van der Waals surface area contributed by atoms with E-state index in [2.05, 4.69) is 31.9 Å². The van der Waals surface area contributed by atoms with Crippen LogP contribution in [0.5, 0.6) is 0 Å². The molecular weight excluding hydrogens is 1140 g/mol. The zero-order valence-electron chi connectivity index (χ0n) is 51.5. The van der Waals surface area contributed by atoms with Crippen LogP contribution in [0.25, 0.3) is 11.1 Å². The van der Waals surface area contributed by atoms with Gasteiger partial charge in [-0.2, -0.15) is 0 Å². The molecule has 0 fully saturated rings. The molecule has 0 bridgehead atoms. The average molecular weight is 1220 g/mol. The number of carbonyl (C=O) groups is 11. The Balaban J connectivity index is 1.28. The first-order valence-corrected chi connectivity index (χ1v) is 32.0. The summed E-state index contributed by atoms with van der Waals surface area (Å²) < 4.78 is 5.76. The summed E-state index contributed by atoms with van der Waals surface area (Å²) in [6.45, 7) is 7.20. The molecule has 0 saturated heterocycles. The summed E-state index contributed by atoms with van der Waals surface area (Å²) in [4.78, 5) is 149. The molecule has 26 heteroatoms. The molecule has 0 aliphatic heterocycles. The summed E-state index contributed by atoms with van der Waals surface area (Å²) in [6, 6.07) is 32.1. The van der Waals surface area contributed by atoms with E-state index in [1.165, 1.54) is 19.0 Å². The van der Waals surface area contributed by atoms with Crippen molar-refractivity contribution in [2.75, 3.05) is 32.0 Å². The quantitative estimate of drug-likeness (QED) is 0.0353. The van der Waals surface area contributed by atoms with Crippen LogP contribution < -0.4 is 31.9 Å². The van der Waals surface area contributed by atoms with Crippen molar-refractivity contribution in [2.24, 2.45) is 23.7 Å². The van der Waals surface area contributed by atoms with Gasteiger partial charge >= 0.3 is 181 Å². The molecule has 5 rings (SSSR count). The van der Waals surface area contributed by atoms with Crippen molar-refractivity contribution in [2.45, 2.75) is 123 Å². The molecule has 18 nitrogen and oxygen atoms in total. The van der Waals surface area contributed by atoms with Crippen LogP contribution in [0, 0.1) is 23.7 Å². The van der Waals surface area contributed by atoms with Gasteiger partial charge in [0.05, 0.1) is 19.1 Å². The number of fused-ring (bicyclic) bond motifs is 3. The summed E-state index contributed by atoms with van der Waals surface area (Å²) in [6.07, 6.45) is -1.68. The normalized spacial score (nSPS) is 13.3. The number of amides is 6. The molecule has 4 aromatic rings. The Morgan fingerprint density at radius 1 is 0.539 bits per heavy atom. The second-order valence-corrected chi connectivity index (χ2v) is 26.6. The van der Waals surface area contributed by atoms with E-state index >= 15 is 0 Å². The van der Waals surface area contributed by atoms with Crippen molar-refractivity contribution in [1.82, 2.24) is 31.9 Å². The van der Waals surface area contributed by atoms with E-state index in [-0.39, 0.29) is 93.0 Å². The van der Waals surface area contributed by atoms with Crippen molar-refractivity contribution in [3.63, 3.8) is 0 Å². The van der Waals surface area contributed by atoms with E-state index in [4.69, 9.17) is 35.7 Å². The van der Waals surface area contributed by atoms with Crippen molar-refractivity contribution in [1.29, 1.82) is 0 Å². The van der Waals surface area contributed by atoms with Gasteiger partial charge in [-0.25, -0.2) is 4.79 Å². The Morgan fingerprint density at radius 2 is 1.09 bits per heavy atom. The zero-order chi connectivity index (χ0) is 65.2. The van der Waals surface area contributed by atoms with Crippen molar-refractivity contribution < 1.29 is 57.5 Å². The third-order valence-electron chi connectivity index (χ3n) is 15.3. The summed E-state index contributed by atoms with van der Waals surface area (Å²) in [5.74, 6) is -8.86. The SMILES string of the molecule is [B]B=S(=B[B])(CC(=O)CNC(=O)C(CC(=O)C(Cc1ccccc1)NC(=O)CNC(=O)C(CCC(=O)NCC(=O)CC(Cc1ccccc1)C(=O)NC(CC(C)C)C(=O)CCC(C)=O)NC(=O)OCC1c2ccccc2-c2ccccc21)CC(C)C)B([B])[B]. The van der Waals surface area contributed by atoms with Gasteiger partial charge in [-0.3, -0.25) is 28.8 Å². The van der Waals surface area contributed by atoms with Crippen molar-refractivity contribution in [3.05, 3.63) is 131 Å². The molecule has 1 aliphatic rings. The molecule has 8 radical (unpaired) electrons. The predicted octanol–water partition coefficient (Wildman–Crippen LogP) is 3.76. The molecule has 6 amide bonds. The summed E-state index contributed by atoms with van der Waals surface area (Å²) in [5, 5.41) is 15.8. The number of hydrogen-bond donors (Lipinski definition) is 6. The van der Waals surface area contributed by atoms with Gasteiger partial charge in [0, 0.05) is 37.5 Å². The molecule has 0 saturated carbocycles. The van der Waals surface area contributed by atoms with Crippen LogP contribution in [0.1, 0.15) is 114 Å². The summed E-state index contributed by atoms with van der Waals surface area (Å²) in [5.41, 5.74) is 5.28. The molecule has 0 heterocycles. The molecule has 458 valence electrons. The first-order valence-electron chi connectivity index (χ1n) is 30.0. The fourth-order valence-corrected chi connectivity index (χ4v) is 12.1. The Hall–Kier alpha value is -7.35. The average Bonchev–Trinajstić information content (AvgIpc) is 1.69. The van der Waals surface area contributed by atoms with E-state index in [1.54, 1.807) is 54.6 Å². The van der Waals surface area contributed by atoms with Gasteiger partial charge in [0.2, 0.25) is 17.7 Å². The number of alkyl carbamates (subject to hydrolysis) is 1. The van der Waals surface area contributed by atoms with E-state index in [1.807, 2.05) is 82.3 Å². The number of benzene rings is 4. The Kier molecular flexibility index (Phi) is 29.6. The number of carbonyl (C=O) groups excluding carboxylic acids is 11. The maximum absolute atomic E-state index is 14.3. The standard InChI is InChI=1S/C63H77B7N6O12S/c1-39(2)28-44(60(84)72-35-47(79)38-89(68-64,69-65)70(66)67)33-57(81)55(31-43-18-10-7-11-19-43)74-59(83)36-73-62(86)53(76-63(87)88-37-52-50-22-14-12-20-48(50)49-21-13-15-23-51(49)52)25-27-58(82)71-34-46(78)32-45(30-42-16-8-6-9-17-42)61(85)75-54(29-40(3)4)56(80)26-24-41(5)77/h6-23,39-40,44-45,52-55H,24-38H2,1-5H3,(H,71,82)(H,72,84)(H,73,86)(H,74,83)(H,75,85)(H,76,87). The Morgan fingerprint density at radius 3 is 1.65 bits per heavy atom. The Labute approximate surface area is 529 Å². The van der Waals surface area contributed by atoms with Gasteiger partial charge in [0.25, 0.3) is 0 Å². The van der Waals surface area contributed by atoms with Crippen LogP contribution in [0.4, 0.5) is 4.79 Å².